The van der Waals surface area contributed by atoms with Crippen molar-refractivity contribution in [1.29, 1.82) is 0 Å². The molecule has 1 fully saturated rings. The summed E-state index contributed by atoms with van der Waals surface area (Å²) in [6.45, 7) is 0.746. The predicted octanol–water partition coefficient (Wildman–Crippen LogP) is 4.47. The average molecular weight is 296 g/mol. The lowest BCUT2D eigenvalue weighted by molar-refractivity contribution is -0.250. The maximum atomic E-state index is 6.19. The van der Waals surface area contributed by atoms with Gasteiger partial charge in [-0.1, -0.05) is 36.4 Å². The molecule has 0 radical (unpaired) electrons. The van der Waals surface area contributed by atoms with Gasteiger partial charge >= 0.3 is 0 Å². The van der Waals surface area contributed by atoms with E-state index in [9.17, 15) is 0 Å². The molecule has 1 atom stereocenters. The molecule has 0 amide bonds. The fourth-order valence-electron chi connectivity index (χ4n) is 3.68. The molecule has 22 heavy (non-hydrogen) atoms. The van der Waals surface area contributed by atoms with Crippen molar-refractivity contribution in [3.63, 3.8) is 0 Å². The first-order valence-corrected chi connectivity index (χ1v) is 7.89. The van der Waals surface area contributed by atoms with E-state index in [1.54, 1.807) is 7.11 Å². The van der Waals surface area contributed by atoms with Crippen LogP contribution in [0.15, 0.2) is 48.5 Å². The molecule has 0 bridgehead atoms. The fraction of sp³-hybridized carbons (Fsp3) is 0.368. The topological polar surface area (TPSA) is 27.7 Å². The molecule has 0 aromatic heterocycles. The smallest absolute Gasteiger partial charge is 0.179 e. The molecule has 1 saturated heterocycles. The molecule has 3 nitrogen and oxygen atoms in total. The van der Waals surface area contributed by atoms with Gasteiger partial charge in [-0.05, 0) is 25.0 Å². The van der Waals surface area contributed by atoms with Gasteiger partial charge in [0, 0.05) is 24.7 Å². The van der Waals surface area contributed by atoms with Gasteiger partial charge in [-0.3, -0.25) is 0 Å². The summed E-state index contributed by atoms with van der Waals surface area (Å²) in [5.41, 5.74) is 2.29. The highest BCUT2D eigenvalue weighted by molar-refractivity contribution is 5.54. The number of para-hydroxylation sites is 2. The maximum absolute atomic E-state index is 6.19. The third-order valence-electron chi connectivity index (χ3n) is 4.73. The molecule has 0 saturated carbocycles. The van der Waals surface area contributed by atoms with E-state index >= 15 is 0 Å². The minimum absolute atomic E-state index is 0.0407. The number of hydrogen-bond donors (Lipinski definition) is 0. The molecule has 2 aromatic rings. The van der Waals surface area contributed by atoms with Gasteiger partial charge in [-0.25, -0.2) is 0 Å². The van der Waals surface area contributed by atoms with Crippen LogP contribution >= 0.6 is 0 Å². The molecule has 2 heterocycles. The molecule has 4 rings (SSSR count). The van der Waals surface area contributed by atoms with Crippen LogP contribution in [0.25, 0.3) is 0 Å². The van der Waals surface area contributed by atoms with Crippen molar-refractivity contribution in [2.75, 3.05) is 13.7 Å². The van der Waals surface area contributed by atoms with Crippen molar-refractivity contribution in [3.05, 3.63) is 59.7 Å². The SMILES string of the molecule is COC1(C2c3ccccc3Oc3ccccc32)CCCCO1. The molecule has 2 aliphatic heterocycles. The van der Waals surface area contributed by atoms with Gasteiger partial charge < -0.3 is 14.2 Å². The Bertz CT molecular complexity index is 628. The van der Waals surface area contributed by atoms with Gasteiger partial charge in [0.15, 0.2) is 5.79 Å². The Labute approximate surface area is 130 Å². The second-order valence-electron chi connectivity index (χ2n) is 5.93. The Morgan fingerprint density at radius 2 is 1.59 bits per heavy atom. The molecule has 0 aliphatic carbocycles. The minimum Gasteiger partial charge on any atom is -0.457 e. The third kappa shape index (κ3) is 2.04. The van der Waals surface area contributed by atoms with Crippen molar-refractivity contribution in [1.82, 2.24) is 0 Å². The van der Waals surface area contributed by atoms with Gasteiger partial charge in [0.25, 0.3) is 0 Å². The minimum atomic E-state index is -0.603. The van der Waals surface area contributed by atoms with Crippen LogP contribution in [0.4, 0.5) is 0 Å². The van der Waals surface area contributed by atoms with Gasteiger partial charge in [0.2, 0.25) is 0 Å². The molecular weight excluding hydrogens is 276 g/mol. The summed E-state index contributed by atoms with van der Waals surface area (Å²) in [4.78, 5) is 0. The first-order valence-electron chi connectivity index (χ1n) is 7.89. The Hall–Kier alpha value is -1.84. The maximum Gasteiger partial charge on any atom is 0.179 e. The molecule has 0 spiro atoms. The second kappa shape index (κ2) is 5.41. The quantitative estimate of drug-likeness (QED) is 0.818. The molecule has 0 N–H and O–H groups in total. The van der Waals surface area contributed by atoms with Gasteiger partial charge in [0.05, 0.1) is 12.5 Å². The van der Waals surface area contributed by atoms with E-state index in [0.717, 1.165) is 48.5 Å². The van der Waals surface area contributed by atoms with Crippen LogP contribution in [0.3, 0.4) is 0 Å². The normalized spacial score (nSPS) is 24.2. The van der Waals surface area contributed by atoms with E-state index in [4.69, 9.17) is 14.2 Å². The molecular formula is C19H20O3. The van der Waals surface area contributed by atoms with Crippen LogP contribution in [-0.4, -0.2) is 19.5 Å². The van der Waals surface area contributed by atoms with E-state index in [1.165, 1.54) is 0 Å². The second-order valence-corrected chi connectivity index (χ2v) is 5.93. The Balaban J connectivity index is 1.90. The van der Waals surface area contributed by atoms with Crippen molar-refractivity contribution >= 4 is 0 Å². The zero-order valence-corrected chi connectivity index (χ0v) is 12.7. The van der Waals surface area contributed by atoms with Crippen molar-refractivity contribution in [2.45, 2.75) is 31.0 Å². The monoisotopic (exact) mass is 296 g/mol. The van der Waals surface area contributed by atoms with Crippen LogP contribution in [0.1, 0.15) is 36.3 Å². The Morgan fingerprint density at radius 1 is 0.955 bits per heavy atom. The lowest BCUT2D eigenvalue weighted by Gasteiger charge is -2.44. The molecule has 1 unspecified atom stereocenters. The Morgan fingerprint density at radius 3 is 2.14 bits per heavy atom. The van der Waals surface area contributed by atoms with E-state index in [2.05, 4.69) is 24.3 Å². The van der Waals surface area contributed by atoms with Gasteiger partial charge in [-0.2, -0.15) is 0 Å². The van der Waals surface area contributed by atoms with Crippen molar-refractivity contribution in [3.8, 4) is 11.5 Å². The van der Waals surface area contributed by atoms with Crippen LogP contribution < -0.4 is 4.74 Å². The van der Waals surface area contributed by atoms with Crippen LogP contribution in [0, 0.1) is 0 Å². The van der Waals surface area contributed by atoms with Crippen LogP contribution in [0.2, 0.25) is 0 Å². The molecule has 2 aliphatic rings. The number of fused-ring (bicyclic) bond motifs is 2. The lowest BCUT2D eigenvalue weighted by atomic mass is 9.78. The summed E-state index contributed by atoms with van der Waals surface area (Å²) in [5.74, 6) is 1.24. The zero-order chi connectivity index (χ0) is 15.0. The molecule has 3 heteroatoms. The van der Waals surface area contributed by atoms with Crippen molar-refractivity contribution < 1.29 is 14.2 Å². The number of ether oxygens (including phenoxy) is 3. The summed E-state index contributed by atoms with van der Waals surface area (Å²) in [6.07, 6.45) is 3.12. The zero-order valence-electron chi connectivity index (χ0n) is 12.7. The summed E-state index contributed by atoms with van der Waals surface area (Å²) in [5, 5.41) is 0. The highest BCUT2D eigenvalue weighted by Crippen LogP contribution is 2.52. The average Bonchev–Trinajstić information content (AvgIpc) is 2.60. The predicted molar refractivity (Wildman–Crippen MR) is 84.3 cm³/mol. The van der Waals surface area contributed by atoms with E-state index < -0.39 is 5.79 Å². The van der Waals surface area contributed by atoms with E-state index in [1.807, 2.05) is 24.3 Å². The van der Waals surface area contributed by atoms with E-state index in [0.29, 0.717) is 0 Å². The van der Waals surface area contributed by atoms with Gasteiger partial charge in [0.1, 0.15) is 11.5 Å². The standard InChI is InChI=1S/C19H20O3/c1-20-19(12-6-7-13-21-19)18-14-8-2-4-10-16(14)22-17-11-5-3-9-15(17)18/h2-5,8-11,18H,6-7,12-13H2,1H3. The number of methoxy groups -OCH3 is 1. The first-order chi connectivity index (χ1) is 10.8. The number of rotatable bonds is 2. The number of hydrogen-bond acceptors (Lipinski definition) is 3. The molecule has 114 valence electrons. The van der Waals surface area contributed by atoms with Crippen LogP contribution in [-0.2, 0) is 9.47 Å². The summed E-state index contributed by atoms with van der Waals surface area (Å²) in [6, 6.07) is 16.4. The third-order valence-corrected chi connectivity index (χ3v) is 4.73. The molecule has 2 aromatic carbocycles. The highest BCUT2D eigenvalue weighted by Gasteiger charge is 2.47. The van der Waals surface area contributed by atoms with Gasteiger partial charge in [-0.15, -0.1) is 0 Å². The fourth-order valence-corrected chi connectivity index (χ4v) is 3.68. The lowest BCUT2D eigenvalue weighted by Crippen LogP contribution is -2.45. The summed E-state index contributed by atoms with van der Waals surface area (Å²) >= 11 is 0. The van der Waals surface area contributed by atoms with E-state index in [-0.39, 0.29) is 5.92 Å². The van der Waals surface area contributed by atoms with Crippen LogP contribution in [0.5, 0.6) is 11.5 Å². The number of benzene rings is 2. The highest BCUT2D eigenvalue weighted by atomic mass is 16.7. The first kappa shape index (κ1) is 13.8. The summed E-state index contributed by atoms with van der Waals surface area (Å²) in [7, 11) is 1.76. The Kier molecular flexibility index (Phi) is 3.40. The van der Waals surface area contributed by atoms with Crippen molar-refractivity contribution in [2.24, 2.45) is 0 Å². The largest absolute Gasteiger partial charge is 0.457 e. The summed E-state index contributed by atoms with van der Waals surface area (Å²) < 4.78 is 18.2.